The molecule has 1 atom stereocenters. The minimum absolute atomic E-state index is 0.178. The van der Waals surface area contributed by atoms with Gasteiger partial charge in [-0.15, -0.1) is 23.1 Å². The number of carbonyl (C=O) groups is 2. The smallest absolute Gasteiger partial charge is 0.340 e. The van der Waals surface area contributed by atoms with Crippen LogP contribution in [0.1, 0.15) is 29.4 Å². The van der Waals surface area contributed by atoms with Crippen LogP contribution in [0.25, 0.3) is 0 Å². The van der Waals surface area contributed by atoms with Crippen molar-refractivity contribution in [1.29, 1.82) is 5.26 Å². The first-order valence-electron chi connectivity index (χ1n) is 9.63. The summed E-state index contributed by atoms with van der Waals surface area (Å²) >= 11 is 3.02. The van der Waals surface area contributed by atoms with Gasteiger partial charge in [0.25, 0.3) is 5.91 Å². The molecule has 0 fully saturated rings. The Morgan fingerprint density at radius 2 is 1.94 bits per heavy atom. The third-order valence-corrected chi connectivity index (χ3v) is 6.12. The highest BCUT2D eigenvalue weighted by atomic mass is 32.2. The number of aromatic nitrogens is 1. The Labute approximate surface area is 189 Å². The molecule has 2 aromatic carbocycles. The predicted octanol–water partition coefficient (Wildman–Crippen LogP) is 4.93. The van der Waals surface area contributed by atoms with Crippen molar-refractivity contribution in [3.63, 3.8) is 0 Å². The van der Waals surface area contributed by atoms with Gasteiger partial charge in [0.05, 0.1) is 29.3 Å². The maximum absolute atomic E-state index is 13.0. The summed E-state index contributed by atoms with van der Waals surface area (Å²) < 4.78 is 5.52. The number of hydrogen-bond donors (Lipinski definition) is 0. The molecule has 3 aromatic rings. The number of esters is 1. The SMILES string of the molecule is CC(OC(=O)c1ccccc1SCc1cscn1)C(=O)N(CCC#N)c1ccccc1. The summed E-state index contributed by atoms with van der Waals surface area (Å²) in [6.45, 7) is 1.77. The number of hydrogen-bond acceptors (Lipinski definition) is 7. The Hall–Kier alpha value is -3.15. The van der Waals surface area contributed by atoms with E-state index in [2.05, 4.69) is 11.1 Å². The molecule has 158 valence electrons. The van der Waals surface area contributed by atoms with Crippen molar-refractivity contribution in [2.75, 3.05) is 11.4 Å². The largest absolute Gasteiger partial charge is 0.449 e. The van der Waals surface area contributed by atoms with Crippen molar-refractivity contribution in [3.05, 3.63) is 76.7 Å². The molecule has 0 saturated carbocycles. The number of rotatable bonds is 9. The van der Waals surface area contributed by atoms with Crippen LogP contribution in [0.15, 0.2) is 70.4 Å². The summed E-state index contributed by atoms with van der Waals surface area (Å²) in [7, 11) is 0. The van der Waals surface area contributed by atoms with Crippen LogP contribution in [-0.2, 0) is 15.3 Å². The molecular weight excluding hydrogens is 430 g/mol. The second-order valence-corrected chi connectivity index (χ2v) is 8.28. The van der Waals surface area contributed by atoms with Crippen LogP contribution < -0.4 is 4.90 Å². The molecule has 0 N–H and O–H groups in total. The summed E-state index contributed by atoms with van der Waals surface area (Å²) in [5.41, 5.74) is 3.78. The lowest BCUT2D eigenvalue weighted by Gasteiger charge is -2.25. The molecule has 1 unspecified atom stereocenters. The third kappa shape index (κ3) is 6.17. The molecule has 0 aliphatic rings. The average Bonchev–Trinajstić information content (AvgIpc) is 3.32. The number of amides is 1. The molecule has 1 aromatic heterocycles. The summed E-state index contributed by atoms with van der Waals surface area (Å²) in [5, 5.41) is 10.9. The van der Waals surface area contributed by atoms with Gasteiger partial charge in [-0.05, 0) is 31.2 Å². The van der Waals surface area contributed by atoms with E-state index in [1.54, 1.807) is 36.7 Å². The maximum atomic E-state index is 13.0. The molecule has 0 spiro atoms. The van der Waals surface area contributed by atoms with E-state index in [4.69, 9.17) is 10.00 Å². The highest BCUT2D eigenvalue weighted by Gasteiger charge is 2.26. The summed E-state index contributed by atoms with van der Waals surface area (Å²) in [4.78, 5) is 32.4. The Morgan fingerprint density at radius 1 is 1.19 bits per heavy atom. The lowest BCUT2D eigenvalue weighted by atomic mass is 10.2. The number of carbonyl (C=O) groups excluding carboxylic acids is 2. The number of nitrogens with zero attached hydrogens (tertiary/aromatic N) is 3. The molecular formula is C23H21N3O3S2. The van der Waals surface area contributed by atoms with Gasteiger partial charge in [-0.3, -0.25) is 4.79 Å². The number of thiazole rings is 1. The molecule has 1 amide bonds. The standard InChI is InChI=1S/C23H21N3O3S2/c1-17(22(27)26(13-7-12-24)19-8-3-2-4-9-19)29-23(28)20-10-5-6-11-21(20)31-15-18-14-30-16-25-18/h2-6,8-11,14,16-17H,7,13,15H2,1H3. The van der Waals surface area contributed by atoms with Gasteiger partial charge in [-0.2, -0.15) is 5.26 Å². The number of nitriles is 1. The minimum atomic E-state index is -0.997. The molecule has 6 nitrogen and oxygen atoms in total. The Kier molecular flexibility index (Phi) is 8.21. The van der Waals surface area contributed by atoms with E-state index in [-0.39, 0.29) is 18.9 Å². The second-order valence-electron chi connectivity index (χ2n) is 6.55. The van der Waals surface area contributed by atoms with E-state index in [0.717, 1.165) is 10.6 Å². The lowest BCUT2D eigenvalue weighted by Crippen LogP contribution is -2.40. The van der Waals surface area contributed by atoms with E-state index in [9.17, 15) is 9.59 Å². The first-order valence-corrected chi connectivity index (χ1v) is 11.6. The molecule has 0 bridgehead atoms. The van der Waals surface area contributed by atoms with Gasteiger partial charge in [-0.25, -0.2) is 9.78 Å². The molecule has 0 aliphatic carbocycles. The summed E-state index contributed by atoms with van der Waals surface area (Å²) in [5.74, 6) is -0.295. The molecule has 1 heterocycles. The van der Waals surface area contributed by atoms with Crippen molar-refractivity contribution in [3.8, 4) is 6.07 Å². The molecule has 0 saturated heterocycles. The summed E-state index contributed by atoms with van der Waals surface area (Å²) in [6.07, 6.45) is -0.819. The Balaban J connectivity index is 1.70. The van der Waals surface area contributed by atoms with Gasteiger partial charge in [0.2, 0.25) is 0 Å². The zero-order valence-corrected chi connectivity index (χ0v) is 18.6. The topological polar surface area (TPSA) is 83.3 Å². The predicted molar refractivity (Wildman–Crippen MR) is 122 cm³/mol. The third-order valence-electron chi connectivity index (χ3n) is 4.38. The van der Waals surface area contributed by atoms with Gasteiger partial charge in [0.15, 0.2) is 6.10 Å². The van der Waals surface area contributed by atoms with Crippen LogP contribution in [0, 0.1) is 11.3 Å². The first kappa shape index (κ1) is 22.5. The van der Waals surface area contributed by atoms with Gasteiger partial charge >= 0.3 is 5.97 Å². The van der Waals surface area contributed by atoms with Crippen LogP contribution >= 0.6 is 23.1 Å². The van der Waals surface area contributed by atoms with E-state index >= 15 is 0 Å². The summed E-state index contributed by atoms with van der Waals surface area (Å²) in [6, 6.07) is 18.3. The number of benzene rings is 2. The highest BCUT2D eigenvalue weighted by Crippen LogP contribution is 2.27. The van der Waals surface area contributed by atoms with Crippen molar-refractivity contribution in [1.82, 2.24) is 4.98 Å². The van der Waals surface area contributed by atoms with Gasteiger partial charge in [0.1, 0.15) is 0 Å². The molecule has 0 aliphatic heterocycles. The normalized spacial score (nSPS) is 11.4. The van der Waals surface area contributed by atoms with Crippen LogP contribution in [0.2, 0.25) is 0 Å². The number of thioether (sulfide) groups is 1. The fourth-order valence-corrected chi connectivity index (χ4v) is 4.46. The van der Waals surface area contributed by atoms with E-state index < -0.39 is 12.1 Å². The number of para-hydroxylation sites is 1. The quantitative estimate of drug-likeness (QED) is 0.339. The monoisotopic (exact) mass is 451 g/mol. The number of ether oxygens (including phenoxy) is 1. The average molecular weight is 452 g/mol. The van der Waals surface area contributed by atoms with Crippen LogP contribution in [0.5, 0.6) is 0 Å². The minimum Gasteiger partial charge on any atom is -0.449 e. The Bertz CT molecular complexity index is 1050. The molecule has 3 rings (SSSR count). The fourth-order valence-electron chi connectivity index (χ4n) is 2.85. The van der Waals surface area contributed by atoms with Crippen molar-refractivity contribution >= 4 is 40.7 Å². The van der Waals surface area contributed by atoms with Gasteiger partial charge < -0.3 is 9.64 Å². The van der Waals surface area contributed by atoms with Crippen LogP contribution in [0.4, 0.5) is 5.69 Å². The molecule has 31 heavy (non-hydrogen) atoms. The van der Waals surface area contributed by atoms with Crippen molar-refractivity contribution in [2.45, 2.75) is 30.1 Å². The maximum Gasteiger partial charge on any atom is 0.340 e. The van der Waals surface area contributed by atoms with E-state index in [0.29, 0.717) is 17.0 Å². The van der Waals surface area contributed by atoms with E-state index in [1.807, 2.05) is 35.7 Å². The highest BCUT2D eigenvalue weighted by molar-refractivity contribution is 7.98. The first-order chi connectivity index (χ1) is 15.1. The van der Waals surface area contributed by atoms with Crippen molar-refractivity contribution < 1.29 is 14.3 Å². The lowest BCUT2D eigenvalue weighted by molar-refractivity contribution is -0.126. The van der Waals surface area contributed by atoms with Gasteiger partial charge in [0, 0.05) is 28.3 Å². The molecule has 0 radical (unpaired) electrons. The Morgan fingerprint density at radius 3 is 2.65 bits per heavy atom. The van der Waals surface area contributed by atoms with Crippen molar-refractivity contribution in [2.24, 2.45) is 0 Å². The van der Waals surface area contributed by atoms with Gasteiger partial charge in [-0.1, -0.05) is 30.3 Å². The zero-order chi connectivity index (χ0) is 22.1. The fraction of sp³-hybridized carbons (Fsp3) is 0.217. The molecule has 8 heteroatoms. The van der Waals surface area contributed by atoms with Crippen LogP contribution in [0.3, 0.4) is 0 Å². The zero-order valence-electron chi connectivity index (χ0n) is 16.9. The van der Waals surface area contributed by atoms with Crippen LogP contribution in [-0.4, -0.2) is 29.5 Å². The number of anilines is 1. The van der Waals surface area contributed by atoms with E-state index in [1.165, 1.54) is 28.0 Å². The second kappa shape index (κ2) is 11.3.